The summed E-state index contributed by atoms with van der Waals surface area (Å²) < 4.78 is 4.73. The Morgan fingerprint density at radius 2 is 1.67 bits per heavy atom. The SMILES string of the molecule is CCC(N)OC(C)O.CCCC. The van der Waals surface area contributed by atoms with Crippen LogP contribution in [0.15, 0.2) is 0 Å². The van der Waals surface area contributed by atoms with Crippen LogP contribution >= 0.6 is 0 Å². The minimum atomic E-state index is -0.745. The fourth-order valence-electron chi connectivity index (χ4n) is 0.349. The van der Waals surface area contributed by atoms with Crippen LogP contribution in [0.25, 0.3) is 0 Å². The van der Waals surface area contributed by atoms with Crippen molar-refractivity contribution in [2.24, 2.45) is 5.73 Å². The summed E-state index contributed by atoms with van der Waals surface area (Å²) in [7, 11) is 0. The molecular weight excluding hydrogens is 154 g/mol. The zero-order valence-corrected chi connectivity index (χ0v) is 8.71. The zero-order valence-electron chi connectivity index (χ0n) is 8.71. The molecule has 2 atom stereocenters. The van der Waals surface area contributed by atoms with Gasteiger partial charge in [-0.15, -0.1) is 0 Å². The van der Waals surface area contributed by atoms with Gasteiger partial charge in [-0.2, -0.15) is 0 Å². The molecule has 0 aromatic rings. The largest absolute Gasteiger partial charge is 0.368 e. The molecule has 0 radical (unpaired) electrons. The van der Waals surface area contributed by atoms with Gasteiger partial charge in [-0.1, -0.05) is 33.6 Å². The Morgan fingerprint density at radius 1 is 1.25 bits per heavy atom. The molecule has 3 nitrogen and oxygen atoms in total. The summed E-state index contributed by atoms with van der Waals surface area (Å²) in [6, 6.07) is 0. The number of hydrogen-bond acceptors (Lipinski definition) is 3. The molecule has 0 rings (SSSR count). The molecule has 0 saturated heterocycles. The average Bonchev–Trinajstić information content (AvgIpc) is 2.04. The summed E-state index contributed by atoms with van der Waals surface area (Å²) in [6.45, 7) is 7.79. The molecule has 0 amide bonds. The lowest BCUT2D eigenvalue weighted by molar-refractivity contribution is -0.122. The molecule has 12 heavy (non-hydrogen) atoms. The van der Waals surface area contributed by atoms with Gasteiger partial charge in [0, 0.05) is 0 Å². The van der Waals surface area contributed by atoms with Crippen molar-refractivity contribution in [3.63, 3.8) is 0 Å². The van der Waals surface area contributed by atoms with Gasteiger partial charge in [0.25, 0.3) is 0 Å². The number of rotatable bonds is 4. The highest BCUT2D eigenvalue weighted by Gasteiger charge is 2.00. The molecule has 3 heteroatoms. The molecule has 0 spiro atoms. The predicted molar refractivity (Wildman–Crippen MR) is 51.6 cm³/mol. The minimum Gasteiger partial charge on any atom is -0.368 e. The van der Waals surface area contributed by atoms with E-state index in [1.165, 1.54) is 19.8 Å². The van der Waals surface area contributed by atoms with E-state index in [0.29, 0.717) is 0 Å². The Balaban J connectivity index is 0. The van der Waals surface area contributed by atoms with Gasteiger partial charge >= 0.3 is 0 Å². The van der Waals surface area contributed by atoms with Crippen molar-refractivity contribution < 1.29 is 9.84 Å². The second kappa shape index (κ2) is 10.9. The van der Waals surface area contributed by atoms with Crippen LogP contribution in [0.4, 0.5) is 0 Å². The van der Waals surface area contributed by atoms with Crippen molar-refractivity contribution in [3.8, 4) is 0 Å². The van der Waals surface area contributed by atoms with E-state index in [9.17, 15) is 0 Å². The van der Waals surface area contributed by atoms with E-state index >= 15 is 0 Å². The van der Waals surface area contributed by atoms with Crippen LogP contribution < -0.4 is 5.73 Å². The second-order valence-electron chi connectivity index (χ2n) is 2.68. The lowest BCUT2D eigenvalue weighted by Crippen LogP contribution is -2.26. The van der Waals surface area contributed by atoms with Gasteiger partial charge in [0.05, 0.1) is 0 Å². The van der Waals surface area contributed by atoms with Crippen LogP contribution in [0.1, 0.15) is 47.0 Å². The first-order chi connectivity index (χ1) is 5.58. The van der Waals surface area contributed by atoms with E-state index in [1.54, 1.807) is 0 Å². The average molecular weight is 177 g/mol. The lowest BCUT2D eigenvalue weighted by atomic mass is 10.4. The van der Waals surface area contributed by atoms with E-state index in [1.807, 2.05) is 6.92 Å². The van der Waals surface area contributed by atoms with Crippen molar-refractivity contribution in [1.82, 2.24) is 0 Å². The third-order valence-corrected chi connectivity index (χ3v) is 1.27. The standard InChI is InChI=1S/C5H13NO2.C4H10/c1-3-5(6)8-4(2)7;1-3-4-2/h4-5,7H,3,6H2,1-2H3;3-4H2,1-2H3. The van der Waals surface area contributed by atoms with Gasteiger partial charge in [0.2, 0.25) is 0 Å². The fraction of sp³-hybridized carbons (Fsp3) is 1.00. The normalized spacial score (nSPS) is 14.5. The van der Waals surface area contributed by atoms with E-state index in [0.717, 1.165) is 6.42 Å². The van der Waals surface area contributed by atoms with Crippen LogP contribution in [0.2, 0.25) is 0 Å². The summed E-state index contributed by atoms with van der Waals surface area (Å²) in [5, 5.41) is 8.55. The molecule has 0 saturated carbocycles. The van der Waals surface area contributed by atoms with E-state index < -0.39 is 6.29 Å². The molecule has 0 bridgehead atoms. The number of unbranched alkanes of at least 4 members (excludes halogenated alkanes) is 1. The highest BCUT2D eigenvalue weighted by molar-refractivity contribution is 4.40. The number of aliphatic hydroxyl groups excluding tert-OH is 1. The number of nitrogens with two attached hydrogens (primary N) is 1. The molecule has 0 aliphatic carbocycles. The van der Waals surface area contributed by atoms with Gasteiger partial charge in [-0.3, -0.25) is 0 Å². The fourth-order valence-corrected chi connectivity index (χ4v) is 0.349. The van der Waals surface area contributed by atoms with Crippen LogP contribution in [0.3, 0.4) is 0 Å². The Labute approximate surface area is 75.9 Å². The molecule has 0 aliphatic heterocycles. The van der Waals surface area contributed by atoms with E-state index in [4.69, 9.17) is 15.6 Å². The Morgan fingerprint density at radius 3 is 1.75 bits per heavy atom. The van der Waals surface area contributed by atoms with Crippen molar-refractivity contribution in [2.45, 2.75) is 59.5 Å². The van der Waals surface area contributed by atoms with Crippen LogP contribution in [-0.4, -0.2) is 17.6 Å². The monoisotopic (exact) mass is 177 g/mol. The summed E-state index contributed by atoms with van der Waals surface area (Å²) >= 11 is 0. The number of ether oxygens (including phenoxy) is 1. The first-order valence-corrected chi connectivity index (χ1v) is 4.67. The molecule has 3 N–H and O–H groups in total. The van der Waals surface area contributed by atoms with Gasteiger partial charge < -0.3 is 15.6 Å². The van der Waals surface area contributed by atoms with Crippen LogP contribution in [0, 0.1) is 0 Å². The smallest absolute Gasteiger partial charge is 0.153 e. The number of hydrogen-bond donors (Lipinski definition) is 2. The van der Waals surface area contributed by atoms with Gasteiger partial charge in [0.1, 0.15) is 6.23 Å². The van der Waals surface area contributed by atoms with Crippen LogP contribution in [0.5, 0.6) is 0 Å². The van der Waals surface area contributed by atoms with Gasteiger partial charge in [-0.05, 0) is 13.3 Å². The summed E-state index contributed by atoms with van der Waals surface area (Å²) in [5.74, 6) is 0. The summed E-state index contributed by atoms with van der Waals surface area (Å²) in [5.41, 5.74) is 5.29. The maximum atomic E-state index is 8.55. The third kappa shape index (κ3) is 16.5. The van der Waals surface area contributed by atoms with Crippen LogP contribution in [-0.2, 0) is 4.74 Å². The van der Waals surface area contributed by atoms with Gasteiger partial charge in [-0.25, -0.2) is 0 Å². The third-order valence-electron chi connectivity index (χ3n) is 1.27. The molecule has 0 heterocycles. The predicted octanol–water partition coefficient (Wildman–Crippen LogP) is 1.84. The molecule has 76 valence electrons. The van der Waals surface area contributed by atoms with Crippen molar-refractivity contribution in [2.75, 3.05) is 0 Å². The Bertz CT molecular complexity index is 74.9. The summed E-state index contributed by atoms with van der Waals surface area (Å²) in [6.07, 6.45) is 2.30. The molecule has 0 aromatic carbocycles. The highest BCUT2D eigenvalue weighted by Crippen LogP contribution is 1.91. The maximum Gasteiger partial charge on any atom is 0.153 e. The Kier molecular flexibility index (Phi) is 13.1. The number of aliphatic hydroxyl groups is 1. The highest BCUT2D eigenvalue weighted by atomic mass is 16.6. The van der Waals surface area contributed by atoms with Crippen molar-refractivity contribution >= 4 is 0 Å². The van der Waals surface area contributed by atoms with Crippen molar-refractivity contribution in [3.05, 3.63) is 0 Å². The first-order valence-electron chi connectivity index (χ1n) is 4.67. The Hall–Kier alpha value is -0.120. The zero-order chi connectivity index (χ0) is 9.98. The van der Waals surface area contributed by atoms with E-state index in [-0.39, 0.29) is 6.23 Å². The molecule has 0 fully saturated rings. The molecule has 2 unspecified atom stereocenters. The molecule has 0 aromatic heterocycles. The second-order valence-corrected chi connectivity index (χ2v) is 2.68. The topological polar surface area (TPSA) is 55.5 Å². The summed E-state index contributed by atoms with van der Waals surface area (Å²) in [4.78, 5) is 0. The van der Waals surface area contributed by atoms with Gasteiger partial charge in [0.15, 0.2) is 6.29 Å². The van der Waals surface area contributed by atoms with E-state index in [2.05, 4.69) is 13.8 Å². The molecule has 0 aliphatic rings. The minimum absolute atomic E-state index is 0.324. The lowest BCUT2D eigenvalue weighted by Gasteiger charge is -2.11. The maximum absolute atomic E-state index is 8.55. The molecular formula is C9H23NO2. The quantitative estimate of drug-likeness (QED) is 0.644. The van der Waals surface area contributed by atoms with Crippen molar-refractivity contribution in [1.29, 1.82) is 0 Å². The first kappa shape index (κ1) is 14.4.